The summed E-state index contributed by atoms with van der Waals surface area (Å²) < 4.78 is 40.5. The Hall–Kier alpha value is -5.00. The van der Waals surface area contributed by atoms with Crippen LogP contribution in [-0.2, 0) is 6.18 Å². The summed E-state index contributed by atoms with van der Waals surface area (Å²) in [6.45, 7) is 1.68. The van der Waals surface area contributed by atoms with E-state index >= 15 is 0 Å². The van der Waals surface area contributed by atoms with E-state index in [1.165, 1.54) is 10.6 Å². The van der Waals surface area contributed by atoms with Crippen LogP contribution >= 0.6 is 0 Å². The molecule has 5 aromatic rings. The van der Waals surface area contributed by atoms with Gasteiger partial charge in [0.1, 0.15) is 17.7 Å². The molecule has 2 aromatic carbocycles. The quantitative estimate of drug-likeness (QED) is 0.285. The number of carbonyl (C=O) groups is 1. The maximum absolute atomic E-state index is 13.0. The molecule has 0 unspecified atom stereocenters. The summed E-state index contributed by atoms with van der Waals surface area (Å²) >= 11 is 0. The molecule has 37 heavy (non-hydrogen) atoms. The van der Waals surface area contributed by atoms with Crippen LogP contribution in [0.1, 0.15) is 21.7 Å². The highest BCUT2D eigenvalue weighted by Crippen LogP contribution is 2.30. The SMILES string of the molecule is Cc1nc2cc(C(F)(F)F)ncn2c1-c1ccnc(Nc2ccc(C(=O)Nc3ccccc3N)cc2)n1. The Morgan fingerprint density at radius 3 is 2.49 bits per heavy atom. The lowest BCUT2D eigenvalue weighted by atomic mass is 10.2. The van der Waals surface area contributed by atoms with Crippen LogP contribution < -0.4 is 16.4 Å². The third-order valence-corrected chi connectivity index (χ3v) is 5.49. The predicted octanol–water partition coefficient (Wildman–Crippen LogP) is 5.09. The minimum Gasteiger partial charge on any atom is -0.397 e. The van der Waals surface area contributed by atoms with Crippen LogP contribution in [0.5, 0.6) is 0 Å². The molecule has 0 fully saturated rings. The lowest BCUT2D eigenvalue weighted by Gasteiger charge is -2.10. The van der Waals surface area contributed by atoms with Crippen molar-refractivity contribution in [3.05, 3.63) is 90.1 Å². The van der Waals surface area contributed by atoms with Gasteiger partial charge in [-0.3, -0.25) is 9.20 Å². The van der Waals surface area contributed by atoms with Gasteiger partial charge < -0.3 is 16.4 Å². The third kappa shape index (κ3) is 4.89. The average Bonchev–Trinajstić information content (AvgIpc) is 3.20. The molecule has 0 atom stereocenters. The van der Waals surface area contributed by atoms with E-state index in [1.54, 1.807) is 61.5 Å². The standard InChI is InChI=1S/C25H19F3N8O/c1-14-22(36-13-31-20(25(26,27)28)12-21(36)32-14)19-10-11-30-24(35-19)33-16-8-6-15(7-9-16)23(37)34-18-5-3-2-4-17(18)29/h2-13H,29H2,1H3,(H,34,37)(H,30,33,35). The summed E-state index contributed by atoms with van der Waals surface area (Å²) in [4.78, 5) is 29.0. The predicted molar refractivity (Wildman–Crippen MR) is 132 cm³/mol. The van der Waals surface area contributed by atoms with Crippen molar-refractivity contribution >= 4 is 34.6 Å². The molecule has 186 valence electrons. The maximum atomic E-state index is 13.0. The van der Waals surface area contributed by atoms with E-state index in [-0.39, 0.29) is 17.5 Å². The zero-order chi connectivity index (χ0) is 26.2. The van der Waals surface area contributed by atoms with E-state index in [2.05, 4.69) is 30.6 Å². The number of nitrogens with two attached hydrogens (primary N) is 1. The number of aromatic nitrogens is 5. The molecule has 3 heterocycles. The molecule has 0 saturated heterocycles. The first-order valence-corrected chi connectivity index (χ1v) is 11.0. The Kier molecular flexibility index (Phi) is 5.91. The summed E-state index contributed by atoms with van der Waals surface area (Å²) in [5.74, 6) is -0.0611. The molecular weight excluding hydrogens is 485 g/mol. The molecule has 0 aliphatic heterocycles. The van der Waals surface area contributed by atoms with Crippen LogP contribution in [-0.4, -0.2) is 30.2 Å². The average molecular weight is 504 g/mol. The van der Waals surface area contributed by atoms with Gasteiger partial charge in [0.15, 0.2) is 0 Å². The van der Waals surface area contributed by atoms with Gasteiger partial charge in [-0.05, 0) is 49.4 Å². The molecule has 9 nitrogen and oxygen atoms in total. The molecule has 12 heteroatoms. The number of nitrogens with zero attached hydrogens (tertiary/aromatic N) is 5. The van der Waals surface area contributed by atoms with E-state index < -0.39 is 11.9 Å². The molecule has 0 aliphatic carbocycles. The number of fused-ring (bicyclic) bond motifs is 1. The van der Waals surface area contributed by atoms with Crippen LogP contribution in [0.25, 0.3) is 17.0 Å². The lowest BCUT2D eigenvalue weighted by Crippen LogP contribution is -2.13. The zero-order valence-corrected chi connectivity index (χ0v) is 19.3. The number of carbonyl (C=O) groups excluding carboxylic acids is 1. The van der Waals surface area contributed by atoms with Crippen molar-refractivity contribution in [3.8, 4) is 11.4 Å². The topological polar surface area (TPSA) is 123 Å². The van der Waals surface area contributed by atoms with Gasteiger partial charge >= 0.3 is 6.18 Å². The highest BCUT2D eigenvalue weighted by molar-refractivity contribution is 6.05. The molecule has 0 radical (unpaired) electrons. The molecule has 0 bridgehead atoms. The minimum absolute atomic E-state index is 0.106. The first-order valence-electron chi connectivity index (χ1n) is 11.0. The molecule has 0 aliphatic rings. The Balaban J connectivity index is 1.36. The van der Waals surface area contributed by atoms with E-state index in [1.807, 2.05) is 0 Å². The summed E-state index contributed by atoms with van der Waals surface area (Å²) in [5, 5.41) is 5.83. The van der Waals surface area contributed by atoms with Gasteiger partial charge in [-0.25, -0.2) is 19.9 Å². The van der Waals surface area contributed by atoms with Gasteiger partial charge in [0.2, 0.25) is 5.95 Å². The van der Waals surface area contributed by atoms with Crippen molar-refractivity contribution < 1.29 is 18.0 Å². The first-order chi connectivity index (χ1) is 17.7. The van der Waals surface area contributed by atoms with Crippen molar-refractivity contribution in [1.29, 1.82) is 0 Å². The fourth-order valence-electron chi connectivity index (χ4n) is 3.72. The van der Waals surface area contributed by atoms with Gasteiger partial charge in [-0.15, -0.1) is 0 Å². The number of anilines is 4. The number of hydrogen-bond acceptors (Lipinski definition) is 7. The molecule has 1 amide bonds. The lowest BCUT2D eigenvalue weighted by molar-refractivity contribution is -0.141. The number of alkyl halides is 3. The maximum Gasteiger partial charge on any atom is 0.433 e. The van der Waals surface area contributed by atoms with Crippen LogP contribution in [0.3, 0.4) is 0 Å². The van der Waals surface area contributed by atoms with E-state index in [4.69, 9.17) is 5.73 Å². The summed E-state index contributed by atoms with van der Waals surface area (Å²) in [7, 11) is 0. The third-order valence-electron chi connectivity index (χ3n) is 5.49. The Bertz CT molecular complexity index is 1610. The number of benzene rings is 2. The number of nitrogen functional groups attached to an aromatic ring is 1. The van der Waals surface area contributed by atoms with Gasteiger partial charge in [0.05, 0.1) is 28.5 Å². The smallest absolute Gasteiger partial charge is 0.397 e. The second-order valence-electron chi connectivity index (χ2n) is 8.06. The normalized spacial score (nSPS) is 11.5. The number of imidazole rings is 1. The molecular formula is C25H19F3N8O. The highest BCUT2D eigenvalue weighted by atomic mass is 19.4. The van der Waals surface area contributed by atoms with Gasteiger partial charge in [0, 0.05) is 23.5 Å². The van der Waals surface area contributed by atoms with Crippen molar-refractivity contribution in [2.24, 2.45) is 0 Å². The van der Waals surface area contributed by atoms with Crippen molar-refractivity contribution in [1.82, 2.24) is 24.3 Å². The molecule has 4 N–H and O–H groups in total. The first kappa shape index (κ1) is 23.7. The number of para-hydroxylation sites is 2. The fourth-order valence-corrected chi connectivity index (χ4v) is 3.72. The molecule has 3 aromatic heterocycles. The van der Waals surface area contributed by atoms with Crippen molar-refractivity contribution in [2.45, 2.75) is 13.1 Å². The Morgan fingerprint density at radius 1 is 1.00 bits per heavy atom. The molecule has 0 spiro atoms. The summed E-state index contributed by atoms with van der Waals surface area (Å²) in [6, 6.07) is 16.1. The monoisotopic (exact) mass is 504 g/mol. The van der Waals surface area contributed by atoms with Gasteiger partial charge in [0.25, 0.3) is 5.91 Å². The largest absolute Gasteiger partial charge is 0.433 e. The fraction of sp³-hybridized carbons (Fsp3) is 0.0800. The number of hydrogen-bond donors (Lipinski definition) is 3. The summed E-state index contributed by atoms with van der Waals surface area (Å²) in [5.41, 5.74) is 8.42. The van der Waals surface area contributed by atoms with Gasteiger partial charge in [-0.2, -0.15) is 13.2 Å². The molecule has 5 rings (SSSR count). The number of nitrogens with one attached hydrogen (secondary N) is 2. The van der Waals surface area contributed by atoms with E-state index in [9.17, 15) is 18.0 Å². The number of aryl methyl sites for hydroxylation is 1. The Morgan fingerprint density at radius 2 is 1.76 bits per heavy atom. The van der Waals surface area contributed by atoms with Crippen molar-refractivity contribution in [2.75, 3.05) is 16.4 Å². The number of rotatable bonds is 5. The van der Waals surface area contributed by atoms with Gasteiger partial charge in [-0.1, -0.05) is 12.1 Å². The Labute approximate surface area is 208 Å². The minimum atomic E-state index is -4.57. The van der Waals surface area contributed by atoms with Crippen LogP contribution in [0.4, 0.5) is 36.2 Å². The second-order valence-corrected chi connectivity index (χ2v) is 8.06. The van der Waals surface area contributed by atoms with E-state index in [0.717, 1.165) is 12.4 Å². The second kappa shape index (κ2) is 9.22. The van der Waals surface area contributed by atoms with Crippen LogP contribution in [0.15, 0.2) is 73.2 Å². The van der Waals surface area contributed by atoms with Crippen molar-refractivity contribution in [3.63, 3.8) is 0 Å². The van der Waals surface area contributed by atoms with E-state index in [0.29, 0.717) is 39.7 Å². The summed E-state index contributed by atoms with van der Waals surface area (Å²) in [6.07, 6.45) is -1.97. The zero-order valence-electron chi connectivity index (χ0n) is 19.3. The van der Waals surface area contributed by atoms with Crippen LogP contribution in [0.2, 0.25) is 0 Å². The van der Waals surface area contributed by atoms with Crippen LogP contribution in [0, 0.1) is 6.92 Å². The molecule has 0 saturated carbocycles. The number of amides is 1. The highest BCUT2D eigenvalue weighted by Gasteiger charge is 2.33. The number of halogens is 3.